The van der Waals surface area contributed by atoms with Crippen LogP contribution in [0.2, 0.25) is 0 Å². The quantitative estimate of drug-likeness (QED) is 0.764. The molecular weight excluding hydrogens is 342 g/mol. The summed E-state index contributed by atoms with van der Waals surface area (Å²) in [4.78, 5) is 39.7. The second-order valence-electron chi connectivity index (χ2n) is 6.81. The van der Waals surface area contributed by atoms with Gasteiger partial charge < -0.3 is 9.88 Å². The normalized spacial score (nSPS) is 15.2. The molecule has 7 heteroatoms. The maximum absolute atomic E-state index is 12.8. The maximum atomic E-state index is 12.8. The first kappa shape index (κ1) is 17.4. The number of aromatic nitrogens is 3. The van der Waals surface area contributed by atoms with Crippen LogP contribution in [0.3, 0.4) is 0 Å². The zero-order valence-electron chi connectivity index (χ0n) is 15.2. The molecule has 1 aliphatic heterocycles. The highest BCUT2D eigenvalue weighted by molar-refractivity contribution is 5.95. The number of hydrogen-bond donors (Lipinski definition) is 1. The summed E-state index contributed by atoms with van der Waals surface area (Å²) < 4.78 is 0. The standard InChI is InChI=1S/C20H21N5O2/c1-14-4-2-3-5-15(14)12-24-6-8-25(9-7-24)20(27)17-10-16-18(11-21-17)22-13-23-19(16)26/h2-5,10-11,13H,6-9,12H2,1H3,(H,22,23,26). The molecule has 0 aliphatic carbocycles. The molecule has 1 amide bonds. The van der Waals surface area contributed by atoms with Gasteiger partial charge in [0.2, 0.25) is 0 Å². The summed E-state index contributed by atoms with van der Waals surface area (Å²) in [5.41, 5.74) is 3.11. The smallest absolute Gasteiger partial charge is 0.272 e. The predicted octanol–water partition coefficient (Wildman–Crippen LogP) is 1.58. The Labute approximate surface area is 156 Å². The molecule has 1 aromatic carbocycles. The Morgan fingerprint density at radius 2 is 1.93 bits per heavy atom. The second-order valence-corrected chi connectivity index (χ2v) is 6.81. The van der Waals surface area contributed by atoms with Crippen LogP contribution in [0.1, 0.15) is 21.6 Å². The van der Waals surface area contributed by atoms with Gasteiger partial charge in [0, 0.05) is 32.7 Å². The Morgan fingerprint density at radius 1 is 1.15 bits per heavy atom. The monoisotopic (exact) mass is 363 g/mol. The van der Waals surface area contributed by atoms with Crippen LogP contribution in [0.4, 0.5) is 0 Å². The van der Waals surface area contributed by atoms with Crippen molar-refractivity contribution in [1.29, 1.82) is 0 Å². The predicted molar refractivity (Wildman–Crippen MR) is 103 cm³/mol. The van der Waals surface area contributed by atoms with Crippen molar-refractivity contribution in [1.82, 2.24) is 24.8 Å². The lowest BCUT2D eigenvalue weighted by Crippen LogP contribution is -2.48. The van der Waals surface area contributed by atoms with E-state index in [0.717, 1.165) is 19.6 Å². The number of aryl methyl sites for hydroxylation is 1. The molecule has 1 N–H and O–H groups in total. The van der Waals surface area contributed by atoms with E-state index in [2.05, 4.69) is 45.0 Å². The highest BCUT2D eigenvalue weighted by Gasteiger charge is 2.23. The second kappa shape index (κ2) is 7.28. The Balaban J connectivity index is 1.43. The van der Waals surface area contributed by atoms with E-state index >= 15 is 0 Å². The van der Waals surface area contributed by atoms with Crippen molar-refractivity contribution in [3.05, 3.63) is 70.0 Å². The van der Waals surface area contributed by atoms with Crippen LogP contribution in [0.5, 0.6) is 0 Å². The van der Waals surface area contributed by atoms with Crippen molar-refractivity contribution in [3.63, 3.8) is 0 Å². The molecule has 0 radical (unpaired) electrons. The Hall–Kier alpha value is -3.06. The summed E-state index contributed by atoms with van der Waals surface area (Å²) >= 11 is 0. The zero-order valence-corrected chi connectivity index (χ0v) is 15.2. The van der Waals surface area contributed by atoms with Gasteiger partial charge in [-0.1, -0.05) is 24.3 Å². The van der Waals surface area contributed by atoms with Crippen molar-refractivity contribution >= 4 is 16.8 Å². The van der Waals surface area contributed by atoms with E-state index in [4.69, 9.17) is 0 Å². The molecule has 0 bridgehead atoms. The van der Waals surface area contributed by atoms with Crippen LogP contribution in [0, 0.1) is 6.92 Å². The van der Waals surface area contributed by atoms with Crippen molar-refractivity contribution in [2.75, 3.05) is 26.2 Å². The van der Waals surface area contributed by atoms with Gasteiger partial charge in [0.25, 0.3) is 11.5 Å². The van der Waals surface area contributed by atoms with E-state index in [1.807, 2.05) is 6.07 Å². The molecule has 0 atom stereocenters. The number of carbonyl (C=O) groups excluding carboxylic acids is 1. The van der Waals surface area contributed by atoms with Gasteiger partial charge >= 0.3 is 0 Å². The van der Waals surface area contributed by atoms with E-state index < -0.39 is 0 Å². The molecule has 2 aromatic heterocycles. The zero-order chi connectivity index (χ0) is 18.8. The third-order valence-electron chi connectivity index (χ3n) is 5.06. The Kier molecular flexibility index (Phi) is 4.68. The lowest BCUT2D eigenvalue weighted by Gasteiger charge is -2.34. The number of pyridine rings is 1. The summed E-state index contributed by atoms with van der Waals surface area (Å²) in [7, 11) is 0. The molecule has 4 rings (SSSR count). The molecule has 0 unspecified atom stereocenters. The molecule has 138 valence electrons. The molecule has 0 saturated carbocycles. The summed E-state index contributed by atoms with van der Waals surface area (Å²) in [6.45, 7) is 5.94. The number of piperazine rings is 1. The van der Waals surface area contributed by atoms with Gasteiger partial charge in [-0.05, 0) is 24.1 Å². The van der Waals surface area contributed by atoms with E-state index in [1.54, 1.807) is 4.90 Å². The highest BCUT2D eigenvalue weighted by Crippen LogP contribution is 2.14. The van der Waals surface area contributed by atoms with Gasteiger partial charge in [-0.3, -0.25) is 14.5 Å². The van der Waals surface area contributed by atoms with E-state index in [0.29, 0.717) is 24.0 Å². The molecule has 3 aromatic rings. The lowest BCUT2D eigenvalue weighted by molar-refractivity contribution is 0.0622. The van der Waals surface area contributed by atoms with Crippen molar-refractivity contribution in [2.45, 2.75) is 13.5 Å². The number of hydrogen-bond acceptors (Lipinski definition) is 5. The average Bonchev–Trinajstić information content (AvgIpc) is 2.70. The Morgan fingerprint density at radius 3 is 2.70 bits per heavy atom. The van der Waals surface area contributed by atoms with Gasteiger partial charge in [0.15, 0.2) is 0 Å². The largest absolute Gasteiger partial charge is 0.335 e. The fourth-order valence-electron chi connectivity index (χ4n) is 3.39. The van der Waals surface area contributed by atoms with Crippen molar-refractivity contribution in [2.24, 2.45) is 0 Å². The van der Waals surface area contributed by atoms with Crippen LogP contribution in [0.25, 0.3) is 10.9 Å². The fourth-order valence-corrected chi connectivity index (χ4v) is 3.39. The van der Waals surface area contributed by atoms with Crippen LogP contribution in [-0.4, -0.2) is 56.8 Å². The van der Waals surface area contributed by atoms with E-state index in [-0.39, 0.29) is 17.2 Å². The third kappa shape index (κ3) is 3.59. The van der Waals surface area contributed by atoms with Crippen LogP contribution < -0.4 is 5.56 Å². The minimum atomic E-state index is -0.264. The molecule has 1 fully saturated rings. The van der Waals surface area contributed by atoms with E-state index in [1.165, 1.54) is 29.7 Å². The van der Waals surface area contributed by atoms with Crippen LogP contribution in [0.15, 0.2) is 47.7 Å². The number of carbonyl (C=O) groups is 1. The SMILES string of the molecule is Cc1ccccc1CN1CCN(C(=O)c2cc3c(=O)[nH]cnc3cn2)CC1. The number of aromatic amines is 1. The minimum Gasteiger partial charge on any atom is -0.335 e. The summed E-state index contributed by atoms with van der Waals surface area (Å²) in [6, 6.07) is 9.91. The number of amides is 1. The van der Waals surface area contributed by atoms with Crippen LogP contribution >= 0.6 is 0 Å². The molecule has 3 heterocycles. The molecule has 0 spiro atoms. The topological polar surface area (TPSA) is 82.2 Å². The van der Waals surface area contributed by atoms with Gasteiger partial charge in [-0.15, -0.1) is 0 Å². The first-order valence-electron chi connectivity index (χ1n) is 9.01. The summed E-state index contributed by atoms with van der Waals surface area (Å²) in [6.07, 6.45) is 2.81. The number of benzene rings is 1. The van der Waals surface area contributed by atoms with Gasteiger partial charge in [0.05, 0.1) is 23.4 Å². The molecule has 7 nitrogen and oxygen atoms in total. The number of fused-ring (bicyclic) bond motifs is 1. The van der Waals surface area contributed by atoms with Crippen molar-refractivity contribution < 1.29 is 4.79 Å². The highest BCUT2D eigenvalue weighted by atomic mass is 16.2. The Bertz CT molecular complexity index is 1040. The molecular formula is C20H21N5O2. The third-order valence-corrected chi connectivity index (χ3v) is 5.06. The molecule has 1 aliphatic rings. The molecule has 1 saturated heterocycles. The number of H-pyrrole nitrogens is 1. The van der Waals surface area contributed by atoms with Gasteiger partial charge in [-0.25, -0.2) is 9.97 Å². The van der Waals surface area contributed by atoms with Crippen LogP contribution in [-0.2, 0) is 6.54 Å². The summed E-state index contributed by atoms with van der Waals surface area (Å²) in [5.74, 6) is -0.143. The minimum absolute atomic E-state index is 0.143. The number of nitrogens with one attached hydrogen (secondary N) is 1. The maximum Gasteiger partial charge on any atom is 0.272 e. The van der Waals surface area contributed by atoms with Gasteiger partial charge in [-0.2, -0.15) is 0 Å². The van der Waals surface area contributed by atoms with E-state index in [9.17, 15) is 9.59 Å². The first-order valence-corrected chi connectivity index (χ1v) is 9.01. The summed E-state index contributed by atoms with van der Waals surface area (Å²) in [5, 5.41) is 0.383. The van der Waals surface area contributed by atoms with Crippen molar-refractivity contribution in [3.8, 4) is 0 Å². The lowest BCUT2D eigenvalue weighted by atomic mass is 10.1. The van der Waals surface area contributed by atoms with Gasteiger partial charge in [0.1, 0.15) is 5.69 Å². The first-order chi connectivity index (χ1) is 13.1. The molecule has 27 heavy (non-hydrogen) atoms. The fraction of sp³-hybridized carbons (Fsp3) is 0.300. The average molecular weight is 363 g/mol. The number of rotatable bonds is 3. The number of nitrogens with zero attached hydrogens (tertiary/aromatic N) is 4.